The predicted molar refractivity (Wildman–Crippen MR) is 92.3 cm³/mol. The van der Waals surface area contributed by atoms with Gasteiger partial charge in [-0.3, -0.25) is 0 Å². The van der Waals surface area contributed by atoms with Crippen molar-refractivity contribution in [1.82, 2.24) is 15.0 Å². The van der Waals surface area contributed by atoms with E-state index in [0.29, 0.717) is 12.4 Å². The third-order valence-electron chi connectivity index (χ3n) is 4.17. The molecule has 3 heterocycles. The summed E-state index contributed by atoms with van der Waals surface area (Å²) in [7, 11) is 3.36. The van der Waals surface area contributed by atoms with Crippen LogP contribution in [0.2, 0.25) is 0 Å². The predicted octanol–water partition coefficient (Wildman–Crippen LogP) is 1.17. The van der Waals surface area contributed by atoms with Crippen molar-refractivity contribution < 1.29 is 9.47 Å². The molecule has 0 spiro atoms. The second-order valence-corrected chi connectivity index (χ2v) is 5.64. The van der Waals surface area contributed by atoms with Crippen LogP contribution in [-0.4, -0.2) is 54.4 Å². The molecule has 1 aliphatic rings. The molecule has 128 valence electrons. The van der Waals surface area contributed by atoms with Gasteiger partial charge in [0.15, 0.2) is 11.6 Å². The Morgan fingerprint density at radius 2 is 2.21 bits per heavy atom. The Morgan fingerprint density at radius 1 is 1.33 bits per heavy atom. The molecular weight excluding hydrogens is 308 g/mol. The quantitative estimate of drug-likeness (QED) is 0.814. The van der Waals surface area contributed by atoms with Gasteiger partial charge in [0, 0.05) is 32.5 Å². The van der Waals surface area contributed by atoms with Crippen molar-refractivity contribution >= 4 is 17.5 Å². The third kappa shape index (κ3) is 3.48. The van der Waals surface area contributed by atoms with Crippen molar-refractivity contribution in [1.29, 1.82) is 0 Å². The van der Waals surface area contributed by atoms with E-state index in [1.54, 1.807) is 26.5 Å². The van der Waals surface area contributed by atoms with Crippen LogP contribution in [0.15, 0.2) is 30.7 Å². The number of anilines is 3. The number of aromatic nitrogens is 3. The van der Waals surface area contributed by atoms with Crippen LogP contribution in [0.1, 0.15) is 6.42 Å². The smallest absolute Gasteiger partial charge is 0.168 e. The van der Waals surface area contributed by atoms with Crippen LogP contribution < -0.4 is 20.7 Å². The minimum atomic E-state index is 0.151. The molecule has 0 bridgehead atoms. The highest BCUT2D eigenvalue weighted by Gasteiger charge is 2.33. The van der Waals surface area contributed by atoms with E-state index in [2.05, 4.69) is 25.2 Å². The molecule has 2 atom stereocenters. The van der Waals surface area contributed by atoms with Gasteiger partial charge in [-0.2, -0.15) is 0 Å². The first kappa shape index (κ1) is 16.3. The van der Waals surface area contributed by atoms with Crippen LogP contribution in [0.3, 0.4) is 0 Å². The molecule has 0 amide bonds. The fraction of sp³-hybridized carbons (Fsp3) is 0.438. The summed E-state index contributed by atoms with van der Waals surface area (Å²) < 4.78 is 10.9. The first-order valence-electron chi connectivity index (χ1n) is 7.81. The number of hydrogen-bond acceptors (Lipinski definition) is 8. The van der Waals surface area contributed by atoms with E-state index in [4.69, 9.17) is 15.2 Å². The largest absolute Gasteiger partial charge is 0.493 e. The monoisotopic (exact) mass is 330 g/mol. The van der Waals surface area contributed by atoms with Crippen LogP contribution in [0, 0.1) is 0 Å². The minimum Gasteiger partial charge on any atom is -0.493 e. The van der Waals surface area contributed by atoms with E-state index in [-0.39, 0.29) is 12.1 Å². The second-order valence-electron chi connectivity index (χ2n) is 5.64. The SMILES string of the molecule is COc1cccnc1NC[C@H]1C[C@@H](OC)CN1c1cc(N)ncn1. The molecule has 0 unspecified atom stereocenters. The summed E-state index contributed by atoms with van der Waals surface area (Å²) >= 11 is 0. The van der Waals surface area contributed by atoms with E-state index in [1.165, 1.54) is 6.33 Å². The maximum Gasteiger partial charge on any atom is 0.168 e. The molecule has 2 aromatic rings. The number of ether oxygens (including phenoxy) is 2. The Bertz CT molecular complexity index is 683. The lowest BCUT2D eigenvalue weighted by Crippen LogP contribution is -2.36. The fourth-order valence-electron chi connectivity index (χ4n) is 2.94. The number of nitrogens with zero attached hydrogens (tertiary/aromatic N) is 4. The average Bonchev–Trinajstić information content (AvgIpc) is 3.03. The lowest BCUT2D eigenvalue weighted by atomic mass is 10.2. The van der Waals surface area contributed by atoms with Gasteiger partial charge >= 0.3 is 0 Å². The normalized spacial score (nSPS) is 20.2. The van der Waals surface area contributed by atoms with Crippen LogP contribution in [0.25, 0.3) is 0 Å². The Kier molecular flexibility index (Phi) is 4.95. The first-order valence-corrected chi connectivity index (χ1v) is 7.81. The highest BCUT2D eigenvalue weighted by molar-refractivity contribution is 5.51. The first-order chi connectivity index (χ1) is 11.7. The van der Waals surface area contributed by atoms with E-state index < -0.39 is 0 Å². The van der Waals surface area contributed by atoms with E-state index in [1.807, 2.05) is 12.1 Å². The van der Waals surface area contributed by atoms with E-state index in [9.17, 15) is 0 Å². The average molecular weight is 330 g/mol. The summed E-state index contributed by atoms with van der Waals surface area (Å²) in [6.07, 6.45) is 4.26. The Labute approximate surface area is 141 Å². The second kappa shape index (κ2) is 7.31. The third-order valence-corrected chi connectivity index (χ3v) is 4.17. The molecule has 8 heteroatoms. The highest BCUT2D eigenvalue weighted by atomic mass is 16.5. The molecule has 0 aromatic carbocycles. The number of rotatable bonds is 6. The van der Waals surface area contributed by atoms with Gasteiger partial charge in [-0.1, -0.05) is 0 Å². The number of nitrogens with two attached hydrogens (primary N) is 1. The maximum absolute atomic E-state index is 5.79. The maximum atomic E-state index is 5.79. The standard InChI is InChI=1S/C16H22N6O2/c1-23-12-6-11(8-19-16-13(24-2)4-3-5-18-16)22(9-12)15-7-14(17)20-10-21-15/h3-5,7,10-12H,6,8-9H2,1-2H3,(H,18,19)(H2,17,20,21)/t11-,12-/m1/s1. The molecule has 2 aromatic heterocycles. The molecule has 0 radical (unpaired) electrons. The number of methoxy groups -OCH3 is 2. The van der Waals surface area contributed by atoms with Crippen molar-refractivity contribution in [2.45, 2.75) is 18.6 Å². The molecular formula is C16H22N6O2. The fourth-order valence-corrected chi connectivity index (χ4v) is 2.94. The Hall–Kier alpha value is -2.61. The molecule has 1 aliphatic heterocycles. The number of pyridine rings is 1. The van der Waals surface area contributed by atoms with Crippen LogP contribution >= 0.6 is 0 Å². The molecule has 3 rings (SSSR count). The Balaban J connectivity index is 1.74. The number of hydrogen-bond donors (Lipinski definition) is 2. The topological polar surface area (TPSA) is 98.4 Å². The molecule has 8 nitrogen and oxygen atoms in total. The zero-order chi connectivity index (χ0) is 16.9. The van der Waals surface area contributed by atoms with Crippen molar-refractivity contribution in [3.05, 3.63) is 30.7 Å². The van der Waals surface area contributed by atoms with Gasteiger partial charge in [0.2, 0.25) is 0 Å². The van der Waals surface area contributed by atoms with Crippen molar-refractivity contribution in [3.63, 3.8) is 0 Å². The summed E-state index contributed by atoms with van der Waals surface area (Å²) in [6, 6.07) is 5.71. The lowest BCUT2D eigenvalue weighted by Gasteiger charge is -2.26. The van der Waals surface area contributed by atoms with Crippen LogP contribution in [0.4, 0.5) is 17.5 Å². The van der Waals surface area contributed by atoms with E-state index in [0.717, 1.165) is 30.4 Å². The van der Waals surface area contributed by atoms with E-state index >= 15 is 0 Å². The molecule has 0 aliphatic carbocycles. The number of nitrogen functional groups attached to an aromatic ring is 1. The van der Waals surface area contributed by atoms with Gasteiger partial charge in [-0.15, -0.1) is 0 Å². The molecule has 1 fully saturated rings. The molecule has 0 saturated carbocycles. The van der Waals surface area contributed by atoms with Gasteiger partial charge < -0.3 is 25.4 Å². The zero-order valence-corrected chi connectivity index (χ0v) is 13.8. The summed E-state index contributed by atoms with van der Waals surface area (Å²) in [6.45, 7) is 1.45. The zero-order valence-electron chi connectivity index (χ0n) is 13.8. The van der Waals surface area contributed by atoms with Gasteiger partial charge in [-0.25, -0.2) is 15.0 Å². The summed E-state index contributed by atoms with van der Waals surface area (Å²) in [5, 5.41) is 3.36. The van der Waals surface area contributed by atoms with Gasteiger partial charge in [0.25, 0.3) is 0 Å². The lowest BCUT2D eigenvalue weighted by molar-refractivity contribution is 0.118. The Morgan fingerprint density at radius 3 is 2.96 bits per heavy atom. The molecule has 24 heavy (non-hydrogen) atoms. The summed E-state index contributed by atoms with van der Waals surface area (Å²) in [5.74, 6) is 2.71. The highest BCUT2D eigenvalue weighted by Crippen LogP contribution is 2.27. The summed E-state index contributed by atoms with van der Waals surface area (Å²) in [4.78, 5) is 14.8. The van der Waals surface area contributed by atoms with Crippen LogP contribution in [0.5, 0.6) is 5.75 Å². The van der Waals surface area contributed by atoms with Gasteiger partial charge in [-0.05, 0) is 18.6 Å². The van der Waals surface area contributed by atoms with Crippen molar-refractivity contribution in [2.75, 3.05) is 43.3 Å². The van der Waals surface area contributed by atoms with Crippen LogP contribution in [-0.2, 0) is 4.74 Å². The number of nitrogens with one attached hydrogen (secondary N) is 1. The van der Waals surface area contributed by atoms with Crippen molar-refractivity contribution in [2.24, 2.45) is 0 Å². The van der Waals surface area contributed by atoms with Gasteiger partial charge in [0.05, 0.1) is 19.3 Å². The van der Waals surface area contributed by atoms with Gasteiger partial charge in [0.1, 0.15) is 18.0 Å². The summed E-state index contributed by atoms with van der Waals surface area (Å²) in [5.41, 5.74) is 5.79. The molecule has 1 saturated heterocycles. The minimum absolute atomic E-state index is 0.151. The molecule has 3 N–H and O–H groups in total. The van der Waals surface area contributed by atoms with Crippen molar-refractivity contribution in [3.8, 4) is 5.75 Å².